The van der Waals surface area contributed by atoms with E-state index in [1.54, 1.807) is 32.8 Å². The summed E-state index contributed by atoms with van der Waals surface area (Å²) in [5.41, 5.74) is 6.04. The van der Waals surface area contributed by atoms with Gasteiger partial charge in [-0.2, -0.15) is 0 Å². The standard InChI is InChI=1S/C8H16N2O2/c1-5-12-8(11)6(2)7(9)10(3)4/h5,9H2,1-4H3. The first-order valence-corrected chi connectivity index (χ1v) is 3.81. The van der Waals surface area contributed by atoms with Gasteiger partial charge in [0.25, 0.3) is 0 Å². The molecule has 0 spiro atoms. The van der Waals surface area contributed by atoms with Crippen LogP contribution in [0.15, 0.2) is 11.4 Å². The molecule has 0 radical (unpaired) electrons. The molecule has 4 heteroatoms. The van der Waals surface area contributed by atoms with Crippen molar-refractivity contribution in [3.8, 4) is 0 Å². The van der Waals surface area contributed by atoms with Crippen LogP contribution in [0, 0.1) is 0 Å². The zero-order chi connectivity index (χ0) is 9.72. The highest BCUT2D eigenvalue weighted by atomic mass is 16.5. The van der Waals surface area contributed by atoms with Crippen LogP contribution in [0.3, 0.4) is 0 Å². The van der Waals surface area contributed by atoms with Crippen molar-refractivity contribution in [2.75, 3.05) is 20.7 Å². The second-order valence-electron chi connectivity index (χ2n) is 2.63. The van der Waals surface area contributed by atoms with Crippen molar-refractivity contribution in [2.45, 2.75) is 13.8 Å². The predicted octanol–water partition coefficient (Wildman–Crippen LogP) is 0.301. The zero-order valence-corrected chi connectivity index (χ0v) is 8.05. The second-order valence-corrected chi connectivity index (χ2v) is 2.63. The van der Waals surface area contributed by atoms with E-state index in [0.29, 0.717) is 18.0 Å². The Bertz CT molecular complexity index is 197. The molecule has 0 aliphatic heterocycles. The van der Waals surface area contributed by atoms with Crippen LogP contribution in [-0.4, -0.2) is 31.6 Å². The monoisotopic (exact) mass is 172 g/mol. The van der Waals surface area contributed by atoms with Gasteiger partial charge in [0.05, 0.1) is 12.2 Å². The molecule has 0 unspecified atom stereocenters. The SMILES string of the molecule is CCOC(=O)C(C)=C(N)N(C)C. The lowest BCUT2D eigenvalue weighted by Gasteiger charge is -2.14. The Morgan fingerprint density at radius 3 is 2.33 bits per heavy atom. The second kappa shape index (κ2) is 4.64. The molecule has 0 fully saturated rings. The Morgan fingerprint density at radius 1 is 1.50 bits per heavy atom. The molecule has 70 valence electrons. The third-order valence-corrected chi connectivity index (χ3v) is 1.45. The Hall–Kier alpha value is -1.19. The molecule has 0 aromatic heterocycles. The fourth-order valence-electron chi connectivity index (χ4n) is 0.679. The number of carbonyl (C=O) groups excluding carboxylic acids is 1. The normalized spacial score (nSPS) is 12.0. The number of esters is 1. The number of hydrogen-bond acceptors (Lipinski definition) is 4. The fraction of sp³-hybridized carbons (Fsp3) is 0.625. The van der Waals surface area contributed by atoms with Crippen LogP contribution >= 0.6 is 0 Å². The number of nitrogens with two attached hydrogens (primary N) is 1. The first-order valence-electron chi connectivity index (χ1n) is 3.81. The topological polar surface area (TPSA) is 55.6 Å². The minimum Gasteiger partial charge on any atom is -0.463 e. The third-order valence-electron chi connectivity index (χ3n) is 1.45. The quantitative estimate of drug-likeness (QED) is 0.491. The number of nitrogens with zero attached hydrogens (tertiary/aromatic N) is 1. The highest BCUT2D eigenvalue weighted by Crippen LogP contribution is 2.02. The van der Waals surface area contributed by atoms with Crippen molar-refractivity contribution in [1.82, 2.24) is 4.90 Å². The number of carbonyl (C=O) groups is 1. The van der Waals surface area contributed by atoms with Gasteiger partial charge in [0.2, 0.25) is 0 Å². The molecule has 0 aromatic rings. The Balaban J connectivity index is 4.43. The van der Waals surface area contributed by atoms with E-state index in [9.17, 15) is 4.79 Å². The average molecular weight is 172 g/mol. The summed E-state index contributed by atoms with van der Waals surface area (Å²) in [7, 11) is 3.55. The van der Waals surface area contributed by atoms with Gasteiger partial charge in [-0.1, -0.05) is 0 Å². The van der Waals surface area contributed by atoms with Gasteiger partial charge in [-0.05, 0) is 13.8 Å². The van der Waals surface area contributed by atoms with E-state index in [2.05, 4.69) is 0 Å². The summed E-state index contributed by atoms with van der Waals surface area (Å²) in [5.74, 6) is 0.0807. The van der Waals surface area contributed by atoms with E-state index >= 15 is 0 Å². The lowest BCUT2D eigenvalue weighted by molar-refractivity contribution is -0.138. The van der Waals surface area contributed by atoms with E-state index in [1.807, 2.05) is 0 Å². The smallest absolute Gasteiger partial charge is 0.337 e. The predicted molar refractivity (Wildman–Crippen MR) is 47.2 cm³/mol. The van der Waals surface area contributed by atoms with E-state index in [4.69, 9.17) is 10.5 Å². The summed E-state index contributed by atoms with van der Waals surface area (Å²) in [6.45, 7) is 3.78. The van der Waals surface area contributed by atoms with Crippen LogP contribution < -0.4 is 5.73 Å². The van der Waals surface area contributed by atoms with Crippen LogP contribution in [0.1, 0.15) is 13.8 Å². The van der Waals surface area contributed by atoms with Gasteiger partial charge < -0.3 is 15.4 Å². The average Bonchev–Trinajstić information content (AvgIpc) is 2.02. The summed E-state index contributed by atoms with van der Waals surface area (Å²) in [6.07, 6.45) is 0. The van der Waals surface area contributed by atoms with Gasteiger partial charge >= 0.3 is 5.97 Å². The van der Waals surface area contributed by atoms with E-state index in [-0.39, 0.29) is 5.97 Å². The largest absolute Gasteiger partial charge is 0.463 e. The maximum Gasteiger partial charge on any atom is 0.337 e. The van der Waals surface area contributed by atoms with Crippen LogP contribution in [0.2, 0.25) is 0 Å². The van der Waals surface area contributed by atoms with Gasteiger partial charge in [-0.25, -0.2) is 4.79 Å². The molecule has 0 atom stereocenters. The first kappa shape index (κ1) is 10.8. The molecule has 0 rings (SSSR count). The maximum absolute atomic E-state index is 11.1. The van der Waals surface area contributed by atoms with E-state index < -0.39 is 0 Å². The van der Waals surface area contributed by atoms with Crippen LogP contribution in [0.25, 0.3) is 0 Å². The maximum atomic E-state index is 11.1. The van der Waals surface area contributed by atoms with Crippen molar-refractivity contribution >= 4 is 5.97 Å². The summed E-state index contributed by atoms with van der Waals surface area (Å²) < 4.78 is 4.77. The molecule has 12 heavy (non-hydrogen) atoms. The number of ether oxygens (including phenoxy) is 1. The molecule has 2 N–H and O–H groups in total. The van der Waals surface area contributed by atoms with Gasteiger partial charge in [0.1, 0.15) is 5.82 Å². The third kappa shape index (κ3) is 2.82. The van der Waals surface area contributed by atoms with Crippen molar-refractivity contribution in [3.63, 3.8) is 0 Å². The Morgan fingerprint density at radius 2 is 2.00 bits per heavy atom. The summed E-state index contributed by atoms with van der Waals surface area (Å²) in [5, 5.41) is 0. The van der Waals surface area contributed by atoms with Gasteiger partial charge in [-0.3, -0.25) is 0 Å². The lowest BCUT2D eigenvalue weighted by atomic mass is 10.3. The molecule has 0 saturated carbocycles. The first-order chi connectivity index (χ1) is 5.50. The Kier molecular flexibility index (Phi) is 4.18. The van der Waals surface area contributed by atoms with Crippen molar-refractivity contribution < 1.29 is 9.53 Å². The van der Waals surface area contributed by atoms with Crippen molar-refractivity contribution in [1.29, 1.82) is 0 Å². The molecule has 0 amide bonds. The molecule has 0 aliphatic rings. The van der Waals surface area contributed by atoms with Gasteiger partial charge in [0.15, 0.2) is 0 Å². The zero-order valence-electron chi connectivity index (χ0n) is 8.05. The highest BCUT2D eigenvalue weighted by Gasteiger charge is 2.09. The summed E-state index contributed by atoms with van der Waals surface area (Å²) in [4.78, 5) is 12.8. The molecule has 0 bridgehead atoms. The summed E-state index contributed by atoms with van der Waals surface area (Å²) in [6, 6.07) is 0. The molecular weight excluding hydrogens is 156 g/mol. The van der Waals surface area contributed by atoms with Gasteiger partial charge in [0, 0.05) is 14.1 Å². The van der Waals surface area contributed by atoms with Crippen LogP contribution in [0.5, 0.6) is 0 Å². The van der Waals surface area contributed by atoms with Crippen molar-refractivity contribution in [3.05, 3.63) is 11.4 Å². The van der Waals surface area contributed by atoms with Gasteiger partial charge in [-0.15, -0.1) is 0 Å². The molecule has 4 nitrogen and oxygen atoms in total. The van der Waals surface area contributed by atoms with Crippen LogP contribution in [0.4, 0.5) is 0 Å². The van der Waals surface area contributed by atoms with E-state index in [1.165, 1.54) is 0 Å². The van der Waals surface area contributed by atoms with Crippen molar-refractivity contribution in [2.24, 2.45) is 5.73 Å². The number of hydrogen-bond donors (Lipinski definition) is 1. The summed E-state index contributed by atoms with van der Waals surface area (Å²) >= 11 is 0. The minimum absolute atomic E-state index is 0.358. The molecule has 0 heterocycles. The minimum atomic E-state index is -0.358. The van der Waals surface area contributed by atoms with Crippen LogP contribution in [-0.2, 0) is 9.53 Å². The van der Waals surface area contributed by atoms with E-state index in [0.717, 1.165) is 0 Å². The fourth-order valence-corrected chi connectivity index (χ4v) is 0.679. The molecule has 0 saturated heterocycles. The molecular formula is C8H16N2O2. The molecule has 0 aromatic carbocycles. The molecule has 0 aliphatic carbocycles. The highest BCUT2D eigenvalue weighted by molar-refractivity contribution is 5.88. The number of rotatable bonds is 3. The lowest BCUT2D eigenvalue weighted by Crippen LogP contribution is -2.23. The Labute approximate surface area is 73.0 Å².